The average molecular weight is 418 g/mol. The summed E-state index contributed by atoms with van der Waals surface area (Å²) in [6.07, 6.45) is -4.48. The van der Waals surface area contributed by atoms with Crippen LogP contribution in [0.15, 0.2) is 29.2 Å². The van der Waals surface area contributed by atoms with E-state index >= 15 is 0 Å². The second-order valence-corrected chi connectivity index (χ2v) is 7.73. The Kier molecular flexibility index (Phi) is 6.10. The number of carbonyl (C=O) groups is 1. The molecule has 27 heavy (non-hydrogen) atoms. The SMILES string of the molecule is COc1cccc(SCC(=O)N2CCN(c3nnc(C(F)(F)F)s3)CC2)c1. The fraction of sp³-hybridized carbons (Fsp3) is 0.438. The van der Waals surface area contributed by atoms with Crippen molar-refractivity contribution in [2.24, 2.45) is 0 Å². The van der Waals surface area contributed by atoms with Crippen molar-refractivity contribution in [3.05, 3.63) is 29.3 Å². The summed E-state index contributed by atoms with van der Waals surface area (Å²) in [4.78, 5) is 16.8. The predicted molar refractivity (Wildman–Crippen MR) is 97.4 cm³/mol. The molecule has 0 atom stereocenters. The number of carbonyl (C=O) groups excluding carboxylic acids is 1. The average Bonchev–Trinajstić information content (AvgIpc) is 3.17. The number of amides is 1. The highest BCUT2D eigenvalue weighted by Gasteiger charge is 2.36. The molecular weight excluding hydrogens is 401 g/mol. The first-order valence-corrected chi connectivity index (χ1v) is 9.87. The first kappa shape index (κ1) is 19.7. The van der Waals surface area contributed by atoms with E-state index in [0.29, 0.717) is 43.3 Å². The van der Waals surface area contributed by atoms with Crippen molar-refractivity contribution >= 4 is 34.1 Å². The minimum atomic E-state index is -4.48. The largest absolute Gasteiger partial charge is 0.497 e. The molecule has 0 unspecified atom stereocenters. The number of aromatic nitrogens is 2. The van der Waals surface area contributed by atoms with Gasteiger partial charge in [-0.1, -0.05) is 17.4 Å². The smallest absolute Gasteiger partial charge is 0.445 e. The van der Waals surface area contributed by atoms with Crippen LogP contribution in [0.2, 0.25) is 0 Å². The van der Waals surface area contributed by atoms with Gasteiger partial charge in [-0.05, 0) is 18.2 Å². The van der Waals surface area contributed by atoms with Crippen molar-refractivity contribution in [1.29, 1.82) is 0 Å². The van der Waals surface area contributed by atoms with E-state index in [1.807, 2.05) is 24.3 Å². The molecule has 2 heterocycles. The standard InChI is InChI=1S/C16H17F3N4O2S2/c1-25-11-3-2-4-12(9-11)26-10-13(24)22-5-7-23(8-6-22)15-21-20-14(27-15)16(17,18)19/h2-4,9H,5-8,10H2,1H3. The summed E-state index contributed by atoms with van der Waals surface area (Å²) < 4.78 is 43.1. The number of benzene rings is 1. The number of hydrogen-bond donors (Lipinski definition) is 0. The summed E-state index contributed by atoms with van der Waals surface area (Å²) in [6.45, 7) is 1.75. The van der Waals surface area contributed by atoms with Gasteiger partial charge in [0.25, 0.3) is 0 Å². The van der Waals surface area contributed by atoms with Gasteiger partial charge in [-0.2, -0.15) is 13.2 Å². The Morgan fingerprint density at radius 3 is 2.63 bits per heavy atom. The van der Waals surface area contributed by atoms with Gasteiger partial charge in [0.2, 0.25) is 16.0 Å². The first-order valence-electron chi connectivity index (χ1n) is 8.07. The van der Waals surface area contributed by atoms with Crippen LogP contribution in [0, 0.1) is 0 Å². The van der Waals surface area contributed by atoms with Crippen molar-refractivity contribution < 1.29 is 22.7 Å². The molecule has 0 aliphatic carbocycles. The van der Waals surface area contributed by atoms with Crippen LogP contribution in [0.25, 0.3) is 0 Å². The number of hydrogen-bond acceptors (Lipinski definition) is 7. The van der Waals surface area contributed by atoms with Gasteiger partial charge in [-0.25, -0.2) is 0 Å². The van der Waals surface area contributed by atoms with Crippen LogP contribution in [0.3, 0.4) is 0 Å². The molecule has 3 rings (SSSR count). The maximum atomic E-state index is 12.6. The minimum absolute atomic E-state index is 0.00397. The maximum absolute atomic E-state index is 12.6. The zero-order valence-electron chi connectivity index (χ0n) is 14.4. The van der Waals surface area contributed by atoms with Gasteiger partial charge >= 0.3 is 6.18 Å². The van der Waals surface area contributed by atoms with Crippen molar-refractivity contribution in [2.45, 2.75) is 11.1 Å². The van der Waals surface area contributed by atoms with Crippen LogP contribution in [-0.4, -0.2) is 60.0 Å². The second kappa shape index (κ2) is 8.34. The van der Waals surface area contributed by atoms with E-state index < -0.39 is 11.2 Å². The monoisotopic (exact) mass is 418 g/mol. The normalized spacial score (nSPS) is 15.1. The lowest BCUT2D eigenvalue weighted by Crippen LogP contribution is -2.49. The van der Waals surface area contributed by atoms with E-state index in [1.165, 1.54) is 11.8 Å². The fourth-order valence-corrected chi connectivity index (χ4v) is 4.14. The molecule has 6 nitrogen and oxygen atoms in total. The van der Waals surface area contributed by atoms with Gasteiger partial charge in [0.05, 0.1) is 12.9 Å². The number of ether oxygens (including phenoxy) is 1. The van der Waals surface area contributed by atoms with Crippen LogP contribution in [0.5, 0.6) is 5.75 Å². The molecule has 1 amide bonds. The van der Waals surface area contributed by atoms with Crippen LogP contribution < -0.4 is 9.64 Å². The third-order valence-corrected chi connectivity index (χ3v) is 5.97. The number of anilines is 1. The molecule has 1 aliphatic heterocycles. The van der Waals surface area contributed by atoms with Gasteiger partial charge < -0.3 is 14.5 Å². The summed E-state index contributed by atoms with van der Waals surface area (Å²) in [7, 11) is 1.59. The zero-order chi connectivity index (χ0) is 19.4. The Balaban J connectivity index is 1.49. The van der Waals surface area contributed by atoms with E-state index in [9.17, 15) is 18.0 Å². The number of rotatable bonds is 5. The molecule has 11 heteroatoms. The van der Waals surface area contributed by atoms with E-state index in [-0.39, 0.29) is 11.0 Å². The Bertz CT molecular complexity index is 792. The molecule has 1 aromatic carbocycles. The lowest BCUT2D eigenvalue weighted by Gasteiger charge is -2.34. The number of methoxy groups -OCH3 is 1. The highest BCUT2D eigenvalue weighted by atomic mass is 32.2. The summed E-state index contributed by atoms with van der Waals surface area (Å²) in [5.41, 5.74) is 0. The first-order chi connectivity index (χ1) is 12.9. The highest BCUT2D eigenvalue weighted by molar-refractivity contribution is 8.00. The fourth-order valence-electron chi connectivity index (χ4n) is 2.53. The summed E-state index contributed by atoms with van der Waals surface area (Å²) in [6, 6.07) is 7.47. The van der Waals surface area contributed by atoms with Crippen molar-refractivity contribution in [3.63, 3.8) is 0 Å². The molecule has 0 radical (unpaired) electrons. The molecule has 1 fully saturated rings. The molecule has 1 aromatic heterocycles. The summed E-state index contributed by atoms with van der Waals surface area (Å²) in [5.74, 6) is 1.02. The minimum Gasteiger partial charge on any atom is -0.497 e. The topological polar surface area (TPSA) is 58.6 Å². The molecular formula is C16H17F3N4O2S2. The molecule has 146 valence electrons. The van der Waals surface area contributed by atoms with E-state index in [4.69, 9.17) is 4.74 Å². The Hall–Kier alpha value is -2.01. The number of nitrogens with zero attached hydrogens (tertiary/aromatic N) is 4. The molecule has 0 bridgehead atoms. The number of thioether (sulfide) groups is 1. The summed E-state index contributed by atoms with van der Waals surface area (Å²) >= 11 is 1.95. The molecule has 1 saturated heterocycles. The van der Waals surface area contributed by atoms with Crippen LogP contribution >= 0.6 is 23.1 Å². The Morgan fingerprint density at radius 1 is 1.26 bits per heavy atom. The van der Waals surface area contributed by atoms with Crippen LogP contribution in [-0.2, 0) is 11.0 Å². The van der Waals surface area contributed by atoms with Crippen molar-refractivity contribution in [1.82, 2.24) is 15.1 Å². The van der Waals surface area contributed by atoms with E-state index in [0.717, 1.165) is 10.6 Å². The van der Waals surface area contributed by atoms with Crippen LogP contribution in [0.4, 0.5) is 18.3 Å². The third-order valence-electron chi connectivity index (χ3n) is 3.96. The van der Waals surface area contributed by atoms with E-state index in [2.05, 4.69) is 10.2 Å². The van der Waals surface area contributed by atoms with Crippen molar-refractivity contribution in [3.8, 4) is 5.75 Å². The van der Waals surface area contributed by atoms with Crippen LogP contribution in [0.1, 0.15) is 5.01 Å². The Labute approximate surface area is 162 Å². The van der Waals surface area contributed by atoms with E-state index in [1.54, 1.807) is 16.9 Å². The highest BCUT2D eigenvalue weighted by Crippen LogP contribution is 2.34. The van der Waals surface area contributed by atoms with Gasteiger partial charge in [0.1, 0.15) is 5.75 Å². The number of halogens is 3. The zero-order valence-corrected chi connectivity index (χ0v) is 16.0. The van der Waals surface area contributed by atoms with Gasteiger partial charge in [0, 0.05) is 31.1 Å². The summed E-state index contributed by atoms with van der Waals surface area (Å²) in [5, 5.41) is 6.11. The predicted octanol–water partition coefficient (Wildman–Crippen LogP) is 3.01. The molecule has 1 aliphatic rings. The maximum Gasteiger partial charge on any atom is 0.445 e. The van der Waals surface area contributed by atoms with Crippen molar-refractivity contribution in [2.75, 3.05) is 43.9 Å². The lowest BCUT2D eigenvalue weighted by molar-refractivity contribution is -0.138. The van der Waals surface area contributed by atoms with Gasteiger partial charge in [-0.3, -0.25) is 4.79 Å². The molecule has 0 N–H and O–H groups in total. The number of alkyl halides is 3. The molecule has 2 aromatic rings. The molecule has 0 saturated carbocycles. The van der Waals surface area contributed by atoms with Gasteiger partial charge in [0.15, 0.2) is 0 Å². The molecule has 0 spiro atoms. The third kappa shape index (κ3) is 5.04. The quantitative estimate of drug-likeness (QED) is 0.696. The lowest BCUT2D eigenvalue weighted by atomic mass is 10.3. The second-order valence-electron chi connectivity index (χ2n) is 5.72. The Morgan fingerprint density at radius 2 is 2.00 bits per heavy atom. The number of piperazine rings is 1. The van der Waals surface area contributed by atoms with Gasteiger partial charge in [-0.15, -0.1) is 22.0 Å².